The summed E-state index contributed by atoms with van der Waals surface area (Å²) in [6, 6.07) is 14.1. The molecule has 0 atom stereocenters. The first-order valence-electron chi connectivity index (χ1n) is 5.86. The van der Waals surface area contributed by atoms with Crippen LogP contribution >= 0.6 is 0 Å². The average Bonchev–Trinajstić information content (AvgIpc) is 2.39. The molecule has 0 amide bonds. The van der Waals surface area contributed by atoms with Gasteiger partial charge in [-0.3, -0.25) is 4.98 Å². The molecule has 88 valence electrons. The summed E-state index contributed by atoms with van der Waals surface area (Å²) in [5.74, 6) is 0.840. The third-order valence-electron chi connectivity index (χ3n) is 2.78. The molecule has 0 spiro atoms. The maximum Gasteiger partial charge on any atom is 0.130 e. The molecule has 0 radical (unpaired) electrons. The van der Waals surface area contributed by atoms with Crippen molar-refractivity contribution in [1.82, 2.24) is 9.97 Å². The fourth-order valence-corrected chi connectivity index (χ4v) is 1.89. The summed E-state index contributed by atoms with van der Waals surface area (Å²) in [4.78, 5) is 8.69. The van der Waals surface area contributed by atoms with E-state index in [1.165, 1.54) is 5.56 Å². The van der Waals surface area contributed by atoms with Crippen molar-refractivity contribution in [3.63, 3.8) is 0 Å². The van der Waals surface area contributed by atoms with E-state index in [2.05, 4.69) is 27.4 Å². The summed E-state index contributed by atoms with van der Waals surface area (Å²) in [5, 5.41) is 4.38. The van der Waals surface area contributed by atoms with E-state index in [-0.39, 0.29) is 0 Å². The van der Waals surface area contributed by atoms with Crippen LogP contribution < -0.4 is 5.32 Å². The lowest BCUT2D eigenvalue weighted by Crippen LogP contribution is -1.94. The molecule has 1 aromatic carbocycles. The molecule has 2 aromatic heterocycles. The number of benzene rings is 1. The second kappa shape index (κ2) is 4.45. The van der Waals surface area contributed by atoms with Gasteiger partial charge in [0.1, 0.15) is 5.82 Å². The molecule has 2 heterocycles. The Balaban J connectivity index is 1.95. The Hall–Kier alpha value is -2.42. The average molecular weight is 235 g/mol. The zero-order valence-electron chi connectivity index (χ0n) is 10.1. The molecule has 0 aliphatic rings. The van der Waals surface area contributed by atoms with Crippen molar-refractivity contribution in [2.45, 2.75) is 6.92 Å². The maximum absolute atomic E-state index is 4.41. The van der Waals surface area contributed by atoms with Crippen LogP contribution in [0.5, 0.6) is 0 Å². The highest BCUT2D eigenvalue weighted by Gasteiger charge is 1.99. The highest BCUT2D eigenvalue weighted by molar-refractivity contribution is 5.82. The van der Waals surface area contributed by atoms with Crippen LogP contribution in [0.25, 0.3) is 10.9 Å². The normalized spacial score (nSPS) is 10.5. The lowest BCUT2D eigenvalue weighted by molar-refractivity contribution is 1.27. The van der Waals surface area contributed by atoms with Crippen molar-refractivity contribution in [3.05, 3.63) is 60.4 Å². The number of hydrogen-bond acceptors (Lipinski definition) is 3. The maximum atomic E-state index is 4.41. The van der Waals surface area contributed by atoms with Crippen molar-refractivity contribution in [2.75, 3.05) is 5.32 Å². The molecule has 0 saturated heterocycles. The molecule has 3 aromatic rings. The van der Waals surface area contributed by atoms with Crippen molar-refractivity contribution >= 4 is 22.4 Å². The molecule has 0 aliphatic carbocycles. The van der Waals surface area contributed by atoms with Gasteiger partial charge in [0.05, 0.1) is 17.4 Å². The first-order chi connectivity index (χ1) is 8.81. The van der Waals surface area contributed by atoms with Gasteiger partial charge in [0, 0.05) is 11.6 Å². The molecule has 3 nitrogen and oxygen atoms in total. The largest absolute Gasteiger partial charge is 0.339 e. The number of hydrogen-bond donors (Lipinski definition) is 1. The summed E-state index contributed by atoms with van der Waals surface area (Å²) in [5.41, 5.74) is 3.13. The van der Waals surface area contributed by atoms with Gasteiger partial charge in [0.25, 0.3) is 0 Å². The summed E-state index contributed by atoms with van der Waals surface area (Å²) >= 11 is 0. The standard InChI is InChI=1S/C15H13N3/c1-11-6-7-16-15(8-11)18-13-9-12-4-2-3-5-14(12)17-10-13/h2-10H,1H3,(H,16,18). The smallest absolute Gasteiger partial charge is 0.130 e. The predicted molar refractivity (Wildman–Crippen MR) is 74.0 cm³/mol. The SMILES string of the molecule is Cc1ccnc(Nc2cnc3ccccc3c2)c1. The number of nitrogens with one attached hydrogen (secondary N) is 1. The van der Waals surface area contributed by atoms with E-state index in [1.54, 1.807) is 6.20 Å². The number of aryl methyl sites for hydroxylation is 1. The van der Waals surface area contributed by atoms with Gasteiger partial charge in [-0.2, -0.15) is 0 Å². The summed E-state index contributed by atoms with van der Waals surface area (Å²) in [7, 11) is 0. The van der Waals surface area contributed by atoms with E-state index in [9.17, 15) is 0 Å². The fourth-order valence-electron chi connectivity index (χ4n) is 1.89. The number of para-hydroxylation sites is 1. The predicted octanol–water partition coefficient (Wildman–Crippen LogP) is 3.68. The Morgan fingerprint density at radius 3 is 2.78 bits per heavy atom. The van der Waals surface area contributed by atoms with E-state index in [4.69, 9.17) is 0 Å². The minimum atomic E-state index is 0.840. The van der Waals surface area contributed by atoms with Crippen LogP contribution in [0.3, 0.4) is 0 Å². The molecule has 0 unspecified atom stereocenters. The molecule has 0 fully saturated rings. The van der Waals surface area contributed by atoms with Gasteiger partial charge in [-0.15, -0.1) is 0 Å². The van der Waals surface area contributed by atoms with Gasteiger partial charge in [0.15, 0.2) is 0 Å². The number of rotatable bonds is 2. The van der Waals surface area contributed by atoms with E-state index < -0.39 is 0 Å². The monoisotopic (exact) mass is 235 g/mol. The number of fused-ring (bicyclic) bond motifs is 1. The zero-order chi connectivity index (χ0) is 12.4. The quantitative estimate of drug-likeness (QED) is 0.736. The fraction of sp³-hybridized carbons (Fsp3) is 0.0667. The van der Waals surface area contributed by atoms with Gasteiger partial charge in [-0.05, 0) is 36.8 Å². The Kier molecular flexibility index (Phi) is 2.65. The molecule has 0 aliphatic heterocycles. The Morgan fingerprint density at radius 2 is 1.89 bits per heavy atom. The van der Waals surface area contributed by atoms with Gasteiger partial charge in [0.2, 0.25) is 0 Å². The number of pyridine rings is 2. The van der Waals surface area contributed by atoms with Crippen LogP contribution in [0.15, 0.2) is 54.9 Å². The van der Waals surface area contributed by atoms with Gasteiger partial charge in [-0.1, -0.05) is 18.2 Å². The number of nitrogens with zero attached hydrogens (tertiary/aromatic N) is 2. The van der Waals surface area contributed by atoms with Crippen LogP contribution in [0.2, 0.25) is 0 Å². The molecular weight excluding hydrogens is 222 g/mol. The number of aromatic nitrogens is 2. The van der Waals surface area contributed by atoms with Crippen molar-refractivity contribution < 1.29 is 0 Å². The van der Waals surface area contributed by atoms with E-state index >= 15 is 0 Å². The first kappa shape index (κ1) is 10.7. The van der Waals surface area contributed by atoms with Crippen molar-refractivity contribution in [2.24, 2.45) is 0 Å². The lowest BCUT2D eigenvalue weighted by atomic mass is 10.2. The van der Waals surface area contributed by atoms with Crippen LogP contribution in [0.4, 0.5) is 11.5 Å². The Bertz CT molecular complexity index is 692. The topological polar surface area (TPSA) is 37.8 Å². The molecular formula is C15H13N3. The van der Waals surface area contributed by atoms with E-state index in [1.807, 2.05) is 43.5 Å². The highest BCUT2D eigenvalue weighted by atomic mass is 15.0. The minimum absolute atomic E-state index is 0.840. The third kappa shape index (κ3) is 2.15. The Morgan fingerprint density at radius 1 is 1.00 bits per heavy atom. The minimum Gasteiger partial charge on any atom is -0.339 e. The number of anilines is 2. The molecule has 3 heteroatoms. The molecule has 0 saturated carbocycles. The van der Waals surface area contributed by atoms with Gasteiger partial charge >= 0.3 is 0 Å². The molecule has 1 N–H and O–H groups in total. The lowest BCUT2D eigenvalue weighted by Gasteiger charge is -2.06. The van der Waals surface area contributed by atoms with Crippen molar-refractivity contribution in [1.29, 1.82) is 0 Å². The van der Waals surface area contributed by atoms with Crippen molar-refractivity contribution in [3.8, 4) is 0 Å². The second-order valence-corrected chi connectivity index (χ2v) is 4.26. The highest BCUT2D eigenvalue weighted by Crippen LogP contribution is 2.19. The third-order valence-corrected chi connectivity index (χ3v) is 2.78. The van der Waals surface area contributed by atoms with Gasteiger partial charge in [-0.25, -0.2) is 4.98 Å². The molecule has 18 heavy (non-hydrogen) atoms. The molecule has 3 rings (SSSR count). The van der Waals surface area contributed by atoms with Crippen LogP contribution in [0, 0.1) is 6.92 Å². The van der Waals surface area contributed by atoms with Crippen LogP contribution in [-0.2, 0) is 0 Å². The van der Waals surface area contributed by atoms with Crippen LogP contribution in [-0.4, -0.2) is 9.97 Å². The summed E-state index contributed by atoms with van der Waals surface area (Å²) in [6.45, 7) is 2.05. The van der Waals surface area contributed by atoms with Gasteiger partial charge < -0.3 is 5.32 Å². The second-order valence-electron chi connectivity index (χ2n) is 4.26. The molecule has 0 bridgehead atoms. The summed E-state index contributed by atoms with van der Waals surface area (Å²) in [6.07, 6.45) is 3.62. The zero-order valence-corrected chi connectivity index (χ0v) is 10.1. The summed E-state index contributed by atoms with van der Waals surface area (Å²) < 4.78 is 0. The van der Waals surface area contributed by atoms with Crippen LogP contribution in [0.1, 0.15) is 5.56 Å². The Labute approximate surface area is 106 Å². The van der Waals surface area contributed by atoms with E-state index in [0.29, 0.717) is 0 Å². The van der Waals surface area contributed by atoms with E-state index in [0.717, 1.165) is 22.4 Å². The first-order valence-corrected chi connectivity index (χ1v) is 5.86.